The maximum Gasteiger partial charge on any atom is 0.373 e. The fraction of sp³-hybridized carbons (Fsp3) is 0.692. The SMILES string of the molecule is CC(C)N1CCCCC1Cc1ncc(C(=O)O)o1. The normalized spacial score (nSPS) is 21.4. The van der Waals surface area contributed by atoms with E-state index in [0.29, 0.717) is 24.4 Å². The zero-order valence-electron chi connectivity index (χ0n) is 10.9. The van der Waals surface area contributed by atoms with Gasteiger partial charge in [-0.1, -0.05) is 6.42 Å². The van der Waals surface area contributed by atoms with E-state index in [-0.39, 0.29) is 5.76 Å². The van der Waals surface area contributed by atoms with Gasteiger partial charge in [-0.2, -0.15) is 0 Å². The first kappa shape index (κ1) is 13.1. The smallest absolute Gasteiger partial charge is 0.373 e. The topological polar surface area (TPSA) is 66.6 Å². The lowest BCUT2D eigenvalue weighted by Gasteiger charge is -2.38. The molecule has 1 saturated heterocycles. The zero-order chi connectivity index (χ0) is 13.1. The lowest BCUT2D eigenvalue weighted by atomic mass is 9.98. The van der Waals surface area contributed by atoms with Gasteiger partial charge in [-0.3, -0.25) is 4.90 Å². The number of carboxylic acids is 1. The third-order valence-corrected chi connectivity index (χ3v) is 3.51. The first-order valence-electron chi connectivity index (χ1n) is 6.51. The standard InChI is InChI=1S/C13H20N2O3/c1-9(2)15-6-4-3-5-10(15)7-12-14-8-11(18-12)13(16)17/h8-10H,3-7H2,1-2H3,(H,16,17). The van der Waals surface area contributed by atoms with Crippen LogP contribution in [0.4, 0.5) is 0 Å². The number of oxazole rings is 1. The van der Waals surface area contributed by atoms with Crippen LogP contribution in [0.25, 0.3) is 0 Å². The summed E-state index contributed by atoms with van der Waals surface area (Å²) in [6.07, 6.45) is 5.58. The highest BCUT2D eigenvalue weighted by Crippen LogP contribution is 2.22. The van der Waals surface area contributed by atoms with Gasteiger partial charge in [-0.05, 0) is 33.2 Å². The molecule has 0 amide bonds. The molecule has 1 aliphatic heterocycles. The van der Waals surface area contributed by atoms with Crippen molar-refractivity contribution in [2.45, 2.75) is 51.6 Å². The van der Waals surface area contributed by atoms with Crippen LogP contribution in [0.1, 0.15) is 49.6 Å². The number of hydrogen-bond acceptors (Lipinski definition) is 4. The minimum absolute atomic E-state index is 0.0723. The average molecular weight is 252 g/mol. The fourth-order valence-corrected chi connectivity index (χ4v) is 2.63. The third kappa shape index (κ3) is 2.90. The Bertz CT molecular complexity index is 414. The fourth-order valence-electron chi connectivity index (χ4n) is 2.63. The van der Waals surface area contributed by atoms with Crippen molar-refractivity contribution in [1.29, 1.82) is 0 Å². The predicted molar refractivity (Wildman–Crippen MR) is 66.6 cm³/mol. The number of hydrogen-bond donors (Lipinski definition) is 1. The lowest BCUT2D eigenvalue weighted by Crippen LogP contribution is -2.45. The van der Waals surface area contributed by atoms with E-state index >= 15 is 0 Å². The molecule has 0 aliphatic carbocycles. The van der Waals surface area contributed by atoms with E-state index in [9.17, 15) is 4.79 Å². The molecule has 1 aliphatic rings. The number of aromatic carboxylic acids is 1. The summed E-state index contributed by atoms with van der Waals surface area (Å²) in [5.41, 5.74) is 0. The molecule has 1 N–H and O–H groups in total. The summed E-state index contributed by atoms with van der Waals surface area (Å²) in [5.74, 6) is -0.597. The Morgan fingerprint density at radius 3 is 3.00 bits per heavy atom. The highest BCUT2D eigenvalue weighted by atomic mass is 16.4. The van der Waals surface area contributed by atoms with Gasteiger partial charge in [0.25, 0.3) is 0 Å². The largest absolute Gasteiger partial charge is 0.475 e. The molecule has 100 valence electrons. The Kier molecular flexibility index (Phi) is 4.01. The summed E-state index contributed by atoms with van der Waals surface area (Å²) >= 11 is 0. The Morgan fingerprint density at radius 1 is 1.61 bits per heavy atom. The number of carboxylic acid groups (broad SMARTS) is 1. The van der Waals surface area contributed by atoms with Crippen molar-refractivity contribution >= 4 is 5.97 Å². The van der Waals surface area contributed by atoms with Crippen LogP contribution in [0.5, 0.6) is 0 Å². The zero-order valence-corrected chi connectivity index (χ0v) is 10.9. The summed E-state index contributed by atoms with van der Waals surface area (Å²) in [6.45, 7) is 5.49. The van der Waals surface area contributed by atoms with Crippen molar-refractivity contribution in [1.82, 2.24) is 9.88 Å². The summed E-state index contributed by atoms with van der Waals surface area (Å²) in [5, 5.41) is 8.80. The van der Waals surface area contributed by atoms with Gasteiger partial charge < -0.3 is 9.52 Å². The number of nitrogens with zero attached hydrogens (tertiary/aromatic N) is 2. The molecule has 0 spiro atoms. The van der Waals surface area contributed by atoms with Crippen LogP contribution in [0.2, 0.25) is 0 Å². The Hall–Kier alpha value is -1.36. The van der Waals surface area contributed by atoms with Crippen LogP contribution in [0, 0.1) is 0 Å². The van der Waals surface area contributed by atoms with Crippen LogP contribution in [0.15, 0.2) is 10.6 Å². The maximum atomic E-state index is 10.7. The van der Waals surface area contributed by atoms with Crippen molar-refractivity contribution in [3.8, 4) is 0 Å². The number of carbonyl (C=O) groups is 1. The minimum atomic E-state index is -1.06. The second-order valence-corrected chi connectivity index (χ2v) is 5.11. The molecule has 0 aromatic carbocycles. The Labute approximate surface area is 107 Å². The second kappa shape index (κ2) is 5.52. The molecule has 5 heteroatoms. The lowest BCUT2D eigenvalue weighted by molar-refractivity contribution is 0.0656. The van der Waals surface area contributed by atoms with Crippen molar-refractivity contribution < 1.29 is 14.3 Å². The van der Waals surface area contributed by atoms with Gasteiger partial charge >= 0.3 is 5.97 Å². The first-order chi connectivity index (χ1) is 8.58. The van der Waals surface area contributed by atoms with Crippen LogP contribution in [-0.4, -0.2) is 39.6 Å². The van der Waals surface area contributed by atoms with Gasteiger partial charge in [0.2, 0.25) is 5.76 Å². The molecule has 2 heterocycles. The van der Waals surface area contributed by atoms with Gasteiger partial charge in [-0.15, -0.1) is 0 Å². The van der Waals surface area contributed by atoms with Gasteiger partial charge in [0.15, 0.2) is 5.89 Å². The molecule has 1 aromatic rings. The van der Waals surface area contributed by atoms with E-state index in [4.69, 9.17) is 9.52 Å². The molecular formula is C13H20N2O3. The summed E-state index contributed by atoms with van der Waals surface area (Å²) in [7, 11) is 0. The van der Waals surface area contributed by atoms with E-state index in [1.807, 2.05) is 0 Å². The predicted octanol–water partition coefficient (Wildman–Crippen LogP) is 2.18. The van der Waals surface area contributed by atoms with Crippen molar-refractivity contribution in [2.24, 2.45) is 0 Å². The molecule has 2 rings (SSSR count). The molecular weight excluding hydrogens is 232 g/mol. The number of aromatic nitrogens is 1. The molecule has 1 atom stereocenters. The minimum Gasteiger partial charge on any atom is -0.475 e. The summed E-state index contributed by atoms with van der Waals surface area (Å²) in [4.78, 5) is 17.2. The highest BCUT2D eigenvalue weighted by Gasteiger charge is 2.26. The number of likely N-dealkylation sites (tertiary alicyclic amines) is 1. The van der Waals surface area contributed by atoms with Crippen LogP contribution >= 0.6 is 0 Å². The van der Waals surface area contributed by atoms with Gasteiger partial charge in [0, 0.05) is 18.5 Å². The molecule has 1 fully saturated rings. The molecule has 0 saturated carbocycles. The van der Waals surface area contributed by atoms with Gasteiger partial charge in [0.1, 0.15) is 0 Å². The summed E-state index contributed by atoms with van der Waals surface area (Å²) in [6, 6.07) is 0.920. The van der Waals surface area contributed by atoms with E-state index < -0.39 is 5.97 Å². The van der Waals surface area contributed by atoms with Gasteiger partial charge in [-0.25, -0.2) is 9.78 Å². The van der Waals surface area contributed by atoms with Crippen LogP contribution in [0.3, 0.4) is 0 Å². The molecule has 18 heavy (non-hydrogen) atoms. The Balaban J connectivity index is 2.03. The monoisotopic (exact) mass is 252 g/mol. The number of piperidine rings is 1. The highest BCUT2D eigenvalue weighted by molar-refractivity contribution is 5.83. The Morgan fingerprint density at radius 2 is 2.39 bits per heavy atom. The van der Waals surface area contributed by atoms with Crippen LogP contribution < -0.4 is 0 Å². The van der Waals surface area contributed by atoms with E-state index in [1.165, 1.54) is 19.0 Å². The van der Waals surface area contributed by atoms with E-state index in [2.05, 4.69) is 23.7 Å². The maximum absolute atomic E-state index is 10.7. The van der Waals surface area contributed by atoms with Crippen molar-refractivity contribution in [3.05, 3.63) is 17.8 Å². The average Bonchev–Trinajstić information content (AvgIpc) is 2.78. The molecule has 1 unspecified atom stereocenters. The van der Waals surface area contributed by atoms with Crippen molar-refractivity contribution in [2.75, 3.05) is 6.54 Å². The van der Waals surface area contributed by atoms with Gasteiger partial charge in [0.05, 0.1) is 6.20 Å². The quantitative estimate of drug-likeness (QED) is 0.889. The first-order valence-corrected chi connectivity index (χ1v) is 6.51. The molecule has 0 radical (unpaired) electrons. The van der Waals surface area contributed by atoms with E-state index in [0.717, 1.165) is 13.0 Å². The van der Waals surface area contributed by atoms with E-state index in [1.54, 1.807) is 0 Å². The second-order valence-electron chi connectivity index (χ2n) is 5.11. The molecule has 5 nitrogen and oxygen atoms in total. The molecule has 1 aromatic heterocycles. The molecule has 0 bridgehead atoms. The van der Waals surface area contributed by atoms with Crippen LogP contribution in [-0.2, 0) is 6.42 Å². The van der Waals surface area contributed by atoms with Crippen molar-refractivity contribution in [3.63, 3.8) is 0 Å². The number of rotatable bonds is 4. The third-order valence-electron chi connectivity index (χ3n) is 3.51. The summed E-state index contributed by atoms with van der Waals surface area (Å²) < 4.78 is 5.24.